The minimum absolute atomic E-state index is 0.375. The fourth-order valence-electron chi connectivity index (χ4n) is 0. The molecule has 0 fully saturated rings. The Kier molecular flexibility index (Phi) is 1.88. The molecule has 0 saturated carbocycles. The van der Waals surface area contributed by atoms with E-state index in [2.05, 4.69) is 28.2 Å². The van der Waals surface area contributed by atoms with Gasteiger partial charge in [0.05, 0.1) is 0 Å². The van der Waals surface area contributed by atoms with Crippen molar-refractivity contribution in [1.82, 2.24) is 0 Å². The van der Waals surface area contributed by atoms with Gasteiger partial charge in [0.25, 0.3) is 0 Å². The maximum atomic E-state index is 4.79. The van der Waals surface area contributed by atoms with Crippen molar-refractivity contribution in [3.63, 3.8) is 0 Å². The molecule has 0 aromatic rings. The van der Waals surface area contributed by atoms with Gasteiger partial charge in [-0.15, -0.1) is 0 Å². The number of hydrogen-bond donors (Lipinski definition) is 1. The van der Waals surface area contributed by atoms with Crippen molar-refractivity contribution in [2.75, 3.05) is 0 Å². The van der Waals surface area contributed by atoms with Crippen LogP contribution in [0, 0.1) is 0 Å². The quantitative estimate of drug-likeness (QED) is 0.358. The zero-order valence-corrected chi connectivity index (χ0v) is 4.42. The molecule has 0 aromatic heterocycles. The molecule has 0 spiro atoms. The van der Waals surface area contributed by atoms with E-state index in [0.29, 0.717) is 3.89 Å². The van der Waals surface area contributed by atoms with Gasteiger partial charge in [-0.25, -0.2) is 0 Å². The molecule has 0 aliphatic carbocycles. The summed E-state index contributed by atoms with van der Waals surface area (Å²) in [4.78, 5) is 0. The summed E-state index contributed by atoms with van der Waals surface area (Å²) in [6, 6.07) is 0. The molecule has 1 radical (unpaired) electrons. The van der Waals surface area contributed by atoms with E-state index in [1.807, 2.05) is 0 Å². The van der Waals surface area contributed by atoms with E-state index in [4.69, 9.17) is 5.73 Å². The van der Waals surface area contributed by atoms with Crippen molar-refractivity contribution in [2.45, 2.75) is 0 Å². The van der Waals surface area contributed by atoms with Crippen molar-refractivity contribution < 1.29 is 0 Å². The Labute approximate surface area is 38.4 Å². The van der Waals surface area contributed by atoms with E-state index < -0.39 is 0 Å². The molecule has 0 aliphatic rings. The second-order valence-electron chi connectivity index (χ2n) is 0.319. The first-order valence-corrected chi connectivity index (χ1v) is 1.96. The molecule has 0 bridgehead atoms. The molecule has 0 rings (SSSR count). The second-order valence-corrected chi connectivity index (χ2v) is 2.26. The van der Waals surface area contributed by atoms with Gasteiger partial charge in [-0.05, 0) is 0 Å². The van der Waals surface area contributed by atoms with Crippen LogP contribution < -0.4 is 5.73 Å². The maximum absolute atomic E-state index is 4.79. The summed E-state index contributed by atoms with van der Waals surface area (Å²) in [7, 11) is 0. The molecule has 0 amide bonds. The van der Waals surface area contributed by atoms with E-state index in [-0.39, 0.29) is 0 Å². The average molecular weight is 139 g/mol. The molecular formula is CH2NSSe. The SMILES string of the molecule is NC(=S)[Se]. The van der Waals surface area contributed by atoms with Crippen LogP contribution in [0.1, 0.15) is 0 Å². The summed E-state index contributed by atoms with van der Waals surface area (Å²) in [6.07, 6.45) is 0. The van der Waals surface area contributed by atoms with Crippen LogP contribution >= 0.6 is 12.2 Å². The van der Waals surface area contributed by atoms with Gasteiger partial charge in [-0.1, -0.05) is 0 Å². The number of rotatable bonds is 0. The van der Waals surface area contributed by atoms with E-state index in [0.717, 1.165) is 0 Å². The molecule has 3 heteroatoms. The van der Waals surface area contributed by atoms with Gasteiger partial charge in [0, 0.05) is 0 Å². The molecule has 1 nitrogen and oxygen atoms in total. The molecule has 0 aliphatic heterocycles. The average Bonchev–Trinajstić information content (AvgIpc) is 0.811. The zero-order chi connectivity index (χ0) is 3.58. The van der Waals surface area contributed by atoms with E-state index in [1.165, 1.54) is 0 Å². The molecule has 0 atom stereocenters. The first kappa shape index (κ1) is 4.41. The fourth-order valence-corrected chi connectivity index (χ4v) is 0. The molecule has 0 unspecified atom stereocenters. The van der Waals surface area contributed by atoms with Crippen molar-refractivity contribution >= 4 is 32.1 Å². The normalized spacial score (nSPS) is 6.00. The molecule has 0 aromatic carbocycles. The summed E-state index contributed by atoms with van der Waals surface area (Å²) in [5, 5.41) is 0. The van der Waals surface area contributed by atoms with Gasteiger partial charge in [-0.2, -0.15) is 0 Å². The van der Waals surface area contributed by atoms with E-state index in [9.17, 15) is 0 Å². The Hall–Kier alpha value is 0.409. The first-order valence-electron chi connectivity index (χ1n) is 0.697. The van der Waals surface area contributed by atoms with Gasteiger partial charge in [0.1, 0.15) is 0 Å². The third kappa shape index (κ3) is 28.5. The third-order valence-electron chi connectivity index (χ3n) is 0. The topological polar surface area (TPSA) is 26.0 Å². The summed E-state index contributed by atoms with van der Waals surface area (Å²) in [6.45, 7) is 0. The van der Waals surface area contributed by atoms with Crippen LogP contribution in [0.2, 0.25) is 0 Å². The Morgan fingerprint density at radius 1 is 2.00 bits per heavy atom. The summed E-state index contributed by atoms with van der Waals surface area (Å²) in [5.41, 5.74) is 4.79. The fraction of sp³-hybridized carbons (Fsp3) is 0. The number of nitrogens with two attached hydrogens (primary N) is 1. The van der Waals surface area contributed by atoms with E-state index in [1.54, 1.807) is 0 Å². The van der Waals surface area contributed by atoms with Crippen LogP contribution in [-0.2, 0) is 0 Å². The Morgan fingerprint density at radius 3 is 2.00 bits per heavy atom. The van der Waals surface area contributed by atoms with Crippen LogP contribution in [0.3, 0.4) is 0 Å². The molecule has 0 saturated heterocycles. The van der Waals surface area contributed by atoms with Gasteiger partial charge >= 0.3 is 37.9 Å². The predicted molar refractivity (Wildman–Crippen MR) is 22.5 cm³/mol. The summed E-state index contributed by atoms with van der Waals surface area (Å²) < 4.78 is 0.375. The standard InChI is InChI=1S/CH2NSSe/c2-1(3)4/h(H2,2,3). The Bertz CT molecular complexity index is 31.0. The van der Waals surface area contributed by atoms with Crippen LogP contribution in [0.4, 0.5) is 0 Å². The molecular weight excluding hydrogens is 137 g/mol. The zero-order valence-electron chi connectivity index (χ0n) is 1.89. The monoisotopic (exact) mass is 140 g/mol. The van der Waals surface area contributed by atoms with Crippen LogP contribution in [0.15, 0.2) is 0 Å². The van der Waals surface area contributed by atoms with Crippen molar-refractivity contribution in [1.29, 1.82) is 0 Å². The Balaban J connectivity index is 2.80. The van der Waals surface area contributed by atoms with Crippen molar-refractivity contribution in [3.05, 3.63) is 0 Å². The second kappa shape index (κ2) is 1.70. The summed E-state index contributed by atoms with van der Waals surface area (Å²) in [5.74, 6) is 0. The summed E-state index contributed by atoms with van der Waals surface area (Å²) >= 11 is 6.67. The number of thiocarbonyl (C=S) groups is 1. The molecule has 4 heavy (non-hydrogen) atoms. The molecule has 0 heterocycles. The van der Waals surface area contributed by atoms with Gasteiger partial charge in [0.15, 0.2) is 0 Å². The molecule has 2 N–H and O–H groups in total. The third-order valence-corrected chi connectivity index (χ3v) is 0. The Morgan fingerprint density at radius 2 is 2.00 bits per heavy atom. The van der Waals surface area contributed by atoms with Gasteiger partial charge in [0.2, 0.25) is 0 Å². The van der Waals surface area contributed by atoms with Crippen LogP contribution in [-0.4, -0.2) is 19.9 Å². The van der Waals surface area contributed by atoms with Gasteiger partial charge in [-0.3, -0.25) is 0 Å². The van der Waals surface area contributed by atoms with E-state index >= 15 is 0 Å². The van der Waals surface area contributed by atoms with Crippen molar-refractivity contribution in [3.8, 4) is 0 Å². The number of hydrogen-bond acceptors (Lipinski definition) is 1. The van der Waals surface area contributed by atoms with Crippen LogP contribution in [0.25, 0.3) is 0 Å². The van der Waals surface area contributed by atoms with Crippen molar-refractivity contribution in [2.24, 2.45) is 5.73 Å². The van der Waals surface area contributed by atoms with Crippen LogP contribution in [0.5, 0.6) is 0 Å². The predicted octanol–water partition coefficient (Wildman–Crippen LogP) is -0.602. The van der Waals surface area contributed by atoms with Gasteiger partial charge < -0.3 is 0 Å². The first-order chi connectivity index (χ1) is 1.73. The minimum atomic E-state index is 0.375. The molecule has 23 valence electrons.